The van der Waals surface area contributed by atoms with Crippen molar-refractivity contribution in [1.29, 1.82) is 0 Å². The van der Waals surface area contributed by atoms with E-state index >= 15 is 0 Å². The first-order valence-electron chi connectivity index (χ1n) is 9.17. The third-order valence-electron chi connectivity index (χ3n) is 5.15. The largest absolute Gasteiger partial charge is 0.347 e. The second kappa shape index (κ2) is 8.26. The number of halogens is 4. The maximum atomic E-state index is 13.7. The summed E-state index contributed by atoms with van der Waals surface area (Å²) in [7, 11) is -3.62. The van der Waals surface area contributed by atoms with Gasteiger partial charge in [0.05, 0.1) is 21.2 Å². The van der Waals surface area contributed by atoms with E-state index in [1.54, 1.807) is 0 Å². The Morgan fingerprint density at radius 3 is 2.13 bits per heavy atom. The molecule has 0 aliphatic carbocycles. The molecule has 10 heteroatoms. The third-order valence-corrected chi connectivity index (χ3v) is 7.80. The second-order valence-corrected chi connectivity index (χ2v) is 10.1. The number of aromatic amines is 1. The number of aromatic nitrogens is 2. The number of benzene rings is 2. The van der Waals surface area contributed by atoms with Crippen LogP contribution in [0.15, 0.2) is 47.6 Å². The maximum absolute atomic E-state index is 13.7. The lowest BCUT2D eigenvalue weighted by molar-refractivity contribution is 0.579. The third kappa shape index (κ3) is 3.97. The average Bonchev–Trinajstić information content (AvgIpc) is 3.40. The highest BCUT2D eigenvalue weighted by Crippen LogP contribution is 2.35. The zero-order valence-electron chi connectivity index (χ0n) is 15.5. The van der Waals surface area contributed by atoms with Gasteiger partial charge in [-0.05, 0) is 48.4 Å². The van der Waals surface area contributed by atoms with Crippen LogP contribution in [0.5, 0.6) is 0 Å². The number of hydrogen-bond donors (Lipinski definition) is 2. The number of rotatable bonds is 5. The van der Waals surface area contributed by atoms with E-state index in [2.05, 4.69) is 15.3 Å². The van der Waals surface area contributed by atoms with Crippen molar-refractivity contribution in [3.05, 3.63) is 81.2 Å². The van der Waals surface area contributed by atoms with Gasteiger partial charge in [0.1, 0.15) is 17.5 Å². The van der Waals surface area contributed by atoms with Gasteiger partial charge in [0.15, 0.2) is 5.03 Å². The molecule has 2 N–H and O–H groups in total. The van der Waals surface area contributed by atoms with Crippen LogP contribution in [0.4, 0.5) is 8.78 Å². The fourth-order valence-corrected chi connectivity index (χ4v) is 5.50. The van der Waals surface area contributed by atoms with E-state index in [0.29, 0.717) is 36.5 Å². The van der Waals surface area contributed by atoms with Crippen LogP contribution in [0.3, 0.4) is 0 Å². The van der Waals surface area contributed by atoms with Crippen LogP contribution in [0, 0.1) is 11.6 Å². The molecule has 0 saturated carbocycles. The Hall–Kier alpha value is -2.00. The smallest absolute Gasteiger partial charge is 0.201 e. The summed E-state index contributed by atoms with van der Waals surface area (Å²) in [6, 6.07) is 8.30. The van der Waals surface area contributed by atoms with Crippen LogP contribution >= 0.6 is 23.2 Å². The molecule has 1 unspecified atom stereocenters. The van der Waals surface area contributed by atoms with E-state index in [0.717, 1.165) is 0 Å². The van der Waals surface area contributed by atoms with Crippen LogP contribution in [0.2, 0.25) is 10.0 Å². The molecule has 1 aromatic heterocycles. The number of nitrogens with zero attached hydrogens (tertiary/aromatic N) is 1. The van der Waals surface area contributed by atoms with Gasteiger partial charge in [-0.25, -0.2) is 22.2 Å². The molecular formula is C20H17Cl2F2N3O2S. The summed E-state index contributed by atoms with van der Waals surface area (Å²) in [5.74, 6) is -1.54. The molecule has 2 heterocycles. The van der Waals surface area contributed by atoms with E-state index in [4.69, 9.17) is 23.2 Å². The molecule has 2 aromatic carbocycles. The molecule has 1 aliphatic rings. The maximum Gasteiger partial charge on any atom is 0.201 e. The van der Waals surface area contributed by atoms with E-state index in [-0.39, 0.29) is 15.1 Å². The van der Waals surface area contributed by atoms with Gasteiger partial charge in [0.2, 0.25) is 9.84 Å². The molecule has 1 atom stereocenters. The molecule has 4 rings (SSSR count). The zero-order valence-corrected chi connectivity index (χ0v) is 17.8. The van der Waals surface area contributed by atoms with E-state index in [1.807, 2.05) is 0 Å². The van der Waals surface area contributed by atoms with Gasteiger partial charge in [0.25, 0.3) is 0 Å². The highest BCUT2D eigenvalue weighted by atomic mass is 35.5. The van der Waals surface area contributed by atoms with E-state index in [9.17, 15) is 17.2 Å². The molecule has 0 radical (unpaired) electrons. The predicted octanol–water partition coefficient (Wildman–Crippen LogP) is 4.31. The van der Waals surface area contributed by atoms with Crippen LogP contribution < -0.4 is 5.32 Å². The van der Waals surface area contributed by atoms with Crippen LogP contribution in [-0.4, -0.2) is 36.7 Å². The molecule has 1 fully saturated rings. The molecule has 30 heavy (non-hydrogen) atoms. The molecule has 0 bridgehead atoms. The first-order valence-corrected chi connectivity index (χ1v) is 11.5. The normalized spacial score (nSPS) is 17.0. The summed E-state index contributed by atoms with van der Waals surface area (Å²) < 4.78 is 53.2. The Balaban J connectivity index is 1.81. The number of nitrogens with one attached hydrogen (secondary N) is 2. The van der Waals surface area contributed by atoms with Crippen LogP contribution in [0.25, 0.3) is 0 Å². The van der Waals surface area contributed by atoms with Crippen molar-refractivity contribution in [1.82, 2.24) is 15.3 Å². The standard InChI is InChI=1S/C20H17Cl2F2N3O2S/c21-14-7-11(1-3-16(14)23)19(12-2-4-17(24)15(22)8-12)20-26-10-18(27-20)30(28,29)13-5-6-25-9-13/h1-4,7-8,10,13,19,25H,5-6,9H2,(H,26,27). The number of hydrogen-bond acceptors (Lipinski definition) is 4. The highest BCUT2D eigenvalue weighted by Gasteiger charge is 2.33. The SMILES string of the molecule is O=S(=O)(c1c[nH]c(C(c2ccc(F)c(Cl)c2)c2ccc(F)c(Cl)c2)n1)C1CCNC1. The monoisotopic (exact) mass is 471 g/mol. The van der Waals surface area contributed by atoms with Crippen molar-refractivity contribution in [3.63, 3.8) is 0 Å². The lowest BCUT2D eigenvalue weighted by atomic mass is 9.90. The highest BCUT2D eigenvalue weighted by molar-refractivity contribution is 7.92. The molecule has 1 saturated heterocycles. The van der Waals surface area contributed by atoms with Gasteiger partial charge in [0, 0.05) is 12.7 Å². The molecular weight excluding hydrogens is 455 g/mol. The van der Waals surface area contributed by atoms with Gasteiger partial charge in [-0.2, -0.15) is 0 Å². The van der Waals surface area contributed by atoms with Gasteiger partial charge in [-0.1, -0.05) is 35.3 Å². The molecule has 3 aromatic rings. The summed E-state index contributed by atoms with van der Waals surface area (Å²) in [5, 5.41) is 2.22. The second-order valence-electron chi connectivity index (χ2n) is 7.06. The first-order chi connectivity index (χ1) is 14.3. The van der Waals surface area contributed by atoms with Crippen molar-refractivity contribution in [3.8, 4) is 0 Å². The van der Waals surface area contributed by atoms with Crippen molar-refractivity contribution >= 4 is 33.0 Å². The van der Waals surface area contributed by atoms with Crippen LogP contribution in [-0.2, 0) is 9.84 Å². The Labute approximate surface area is 182 Å². The van der Waals surface area contributed by atoms with E-state index in [1.165, 1.54) is 42.6 Å². The molecule has 0 spiro atoms. The van der Waals surface area contributed by atoms with Gasteiger partial charge >= 0.3 is 0 Å². The molecule has 5 nitrogen and oxygen atoms in total. The van der Waals surface area contributed by atoms with Crippen LogP contribution in [0.1, 0.15) is 29.3 Å². The predicted molar refractivity (Wildman–Crippen MR) is 111 cm³/mol. The summed E-state index contributed by atoms with van der Waals surface area (Å²) in [6.07, 6.45) is 1.85. The Bertz CT molecular complexity index is 1140. The fraction of sp³-hybridized carbons (Fsp3) is 0.250. The molecule has 158 valence electrons. The van der Waals surface area contributed by atoms with Crippen molar-refractivity contribution < 1.29 is 17.2 Å². The minimum absolute atomic E-state index is 0.0717. The van der Waals surface area contributed by atoms with Crippen molar-refractivity contribution in [2.24, 2.45) is 0 Å². The lowest BCUT2D eigenvalue weighted by Gasteiger charge is -2.17. The minimum atomic E-state index is -3.62. The van der Waals surface area contributed by atoms with Crippen molar-refractivity contribution in [2.45, 2.75) is 22.6 Å². The Morgan fingerprint density at radius 1 is 1.03 bits per heavy atom. The zero-order chi connectivity index (χ0) is 21.5. The quantitative estimate of drug-likeness (QED) is 0.581. The summed E-state index contributed by atoms with van der Waals surface area (Å²) in [4.78, 5) is 7.26. The fourth-order valence-electron chi connectivity index (χ4n) is 3.57. The Kier molecular flexibility index (Phi) is 5.85. The van der Waals surface area contributed by atoms with Gasteiger partial charge < -0.3 is 10.3 Å². The van der Waals surface area contributed by atoms with Crippen molar-refractivity contribution in [2.75, 3.05) is 13.1 Å². The number of imidazole rings is 1. The van der Waals surface area contributed by atoms with Gasteiger partial charge in [-0.3, -0.25) is 0 Å². The summed E-state index contributed by atoms with van der Waals surface area (Å²) in [6.45, 7) is 1.00. The lowest BCUT2D eigenvalue weighted by Crippen LogP contribution is -2.24. The number of sulfone groups is 1. The average molecular weight is 472 g/mol. The minimum Gasteiger partial charge on any atom is -0.347 e. The Morgan fingerprint density at radius 2 is 1.63 bits per heavy atom. The first kappa shape index (κ1) is 21.2. The topological polar surface area (TPSA) is 74.8 Å². The molecule has 1 aliphatic heterocycles. The summed E-state index contributed by atoms with van der Waals surface area (Å²) >= 11 is 11.9. The molecule has 0 amide bonds. The van der Waals surface area contributed by atoms with E-state index < -0.39 is 32.6 Å². The summed E-state index contributed by atoms with van der Waals surface area (Å²) in [5.41, 5.74) is 1.09. The van der Waals surface area contributed by atoms with Gasteiger partial charge in [-0.15, -0.1) is 0 Å². The number of H-pyrrole nitrogens is 1.